The van der Waals surface area contributed by atoms with E-state index in [1.807, 2.05) is 49.3 Å². The second-order valence-electron chi connectivity index (χ2n) is 4.98. The van der Waals surface area contributed by atoms with Gasteiger partial charge >= 0.3 is 0 Å². The standard InChI is InChI=1S/C15H25N3O/c1-5-16-12(2)11-17-15(19)14(18(3)4)13-9-7-6-8-10-13/h6-10,12,14,16H,5,11H2,1-4H3,(H,17,19)/t12-,14?/m1/s1. The predicted octanol–water partition coefficient (Wildman–Crippen LogP) is 1.40. The van der Waals surface area contributed by atoms with Gasteiger partial charge in [0.05, 0.1) is 0 Å². The number of nitrogens with one attached hydrogen (secondary N) is 2. The summed E-state index contributed by atoms with van der Waals surface area (Å²) in [6.45, 7) is 5.68. The minimum Gasteiger partial charge on any atom is -0.353 e. The largest absolute Gasteiger partial charge is 0.353 e. The fourth-order valence-corrected chi connectivity index (χ4v) is 2.09. The lowest BCUT2D eigenvalue weighted by Crippen LogP contribution is -2.43. The third kappa shape index (κ3) is 5.01. The molecule has 2 N–H and O–H groups in total. The number of hydrogen-bond acceptors (Lipinski definition) is 3. The van der Waals surface area contributed by atoms with E-state index in [4.69, 9.17) is 0 Å². The predicted molar refractivity (Wildman–Crippen MR) is 79.0 cm³/mol. The summed E-state index contributed by atoms with van der Waals surface area (Å²) in [5.41, 5.74) is 1.01. The van der Waals surface area contributed by atoms with Crippen LogP contribution in [0.15, 0.2) is 30.3 Å². The monoisotopic (exact) mass is 263 g/mol. The van der Waals surface area contributed by atoms with Crippen LogP contribution in [0.3, 0.4) is 0 Å². The van der Waals surface area contributed by atoms with Crippen LogP contribution >= 0.6 is 0 Å². The molecule has 0 aliphatic heterocycles. The number of amides is 1. The molecule has 0 radical (unpaired) electrons. The van der Waals surface area contributed by atoms with Crippen molar-refractivity contribution in [2.75, 3.05) is 27.2 Å². The van der Waals surface area contributed by atoms with E-state index in [-0.39, 0.29) is 18.0 Å². The zero-order valence-electron chi connectivity index (χ0n) is 12.3. The number of nitrogens with zero attached hydrogens (tertiary/aromatic N) is 1. The Bertz CT molecular complexity index is 378. The van der Waals surface area contributed by atoms with Crippen molar-refractivity contribution < 1.29 is 4.79 Å². The molecule has 0 aromatic heterocycles. The van der Waals surface area contributed by atoms with E-state index in [1.54, 1.807) is 0 Å². The van der Waals surface area contributed by atoms with Crippen molar-refractivity contribution in [3.8, 4) is 0 Å². The molecule has 0 saturated carbocycles. The summed E-state index contributed by atoms with van der Waals surface area (Å²) in [6.07, 6.45) is 0. The van der Waals surface area contributed by atoms with Crippen molar-refractivity contribution in [1.29, 1.82) is 0 Å². The molecule has 19 heavy (non-hydrogen) atoms. The molecule has 2 atom stereocenters. The van der Waals surface area contributed by atoms with E-state index in [2.05, 4.69) is 24.5 Å². The van der Waals surface area contributed by atoms with Gasteiger partial charge in [0.2, 0.25) is 5.91 Å². The maximum Gasteiger partial charge on any atom is 0.241 e. The quantitative estimate of drug-likeness (QED) is 0.781. The van der Waals surface area contributed by atoms with Crippen LogP contribution in [-0.2, 0) is 4.79 Å². The van der Waals surface area contributed by atoms with E-state index in [1.165, 1.54) is 0 Å². The van der Waals surface area contributed by atoms with Crippen molar-refractivity contribution in [1.82, 2.24) is 15.5 Å². The zero-order valence-corrected chi connectivity index (χ0v) is 12.3. The minimum absolute atomic E-state index is 0.0425. The summed E-state index contributed by atoms with van der Waals surface area (Å²) in [6, 6.07) is 9.89. The Hall–Kier alpha value is -1.39. The maximum absolute atomic E-state index is 12.3. The molecule has 0 bridgehead atoms. The van der Waals surface area contributed by atoms with Gasteiger partial charge < -0.3 is 10.6 Å². The zero-order chi connectivity index (χ0) is 14.3. The molecule has 0 saturated heterocycles. The number of carbonyl (C=O) groups is 1. The summed E-state index contributed by atoms with van der Waals surface area (Å²) >= 11 is 0. The maximum atomic E-state index is 12.3. The fourth-order valence-electron chi connectivity index (χ4n) is 2.09. The van der Waals surface area contributed by atoms with Crippen LogP contribution in [-0.4, -0.2) is 44.0 Å². The van der Waals surface area contributed by atoms with Gasteiger partial charge in [-0.2, -0.15) is 0 Å². The molecule has 4 heteroatoms. The summed E-state index contributed by atoms with van der Waals surface area (Å²) in [4.78, 5) is 14.2. The van der Waals surface area contributed by atoms with Gasteiger partial charge in [0, 0.05) is 12.6 Å². The van der Waals surface area contributed by atoms with E-state index in [0.717, 1.165) is 12.1 Å². The van der Waals surface area contributed by atoms with Gasteiger partial charge in [0.25, 0.3) is 0 Å². The molecule has 0 aliphatic rings. The number of carbonyl (C=O) groups excluding carboxylic acids is 1. The first-order valence-corrected chi connectivity index (χ1v) is 6.78. The van der Waals surface area contributed by atoms with E-state index in [0.29, 0.717) is 6.54 Å². The molecule has 1 amide bonds. The first kappa shape index (κ1) is 15.7. The van der Waals surface area contributed by atoms with Crippen LogP contribution in [0.25, 0.3) is 0 Å². The van der Waals surface area contributed by atoms with Crippen molar-refractivity contribution in [3.63, 3.8) is 0 Å². The van der Waals surface area contributed by atoms with Crippen LogP contribution in [0, 0.1) is 0 Å². The molecule has 1 aromatic carbocycles. The number of likely N-dealkylation sites (N-methyl/N-ethyl adjacent to an activating group) is 2. The van der Waals surface area contributed by atoms with E-state index >= 15 is 0 Å². The smallest absolute Gasteiger partial charge is 0.241 e. The SMILES string of the molecule is CCN[C@H](C)CNC(=O)C(c1ccccc1)N(C)C. The van der Waals surface area contributed by atoms with Gasteiger partial charge in [-0.25, -0.2) is 0 Å². The third-order valence-corrected chi connectivity index (χ3v) is 3.02. The van der Waals surface area contributed by atoms with Crippen molar-refractivity contribution in [2.45, 2.75) is 25.9 Å². The Kier molecular flexibility index (Phi) is 6.53. The molecule has 4 nitrogen and oxygen atoms in total. The lowest BCUT2D eigenvalue weighted by Gasteiger charge is -2.24. The second kappa shape index (κ2) is 7.92. The summed E-state index contributed by atoms with van der Waals surface area (Å²) in [5, 5.41) is 6.28. The van der Waals surface area contributed by atoms with Crippen LogP contribution in [0.5, 0.6) is 0 Å². The third-order valence-electron chi connectivity index (χ3n) is 3.02. The first-order chi connectivity index (χ1) is 9.06. The van der Waals surface area contributed by atoms with Gasteiger partial charge in [-0.1, -0.05) is 37.3 Å². The molecule has 0 spiro atoms. The Balaban J connectivity index is 2.65. The molecular formula is C15H25N3O. The highest BCUT2D eigenvalue weighted by Crippen LogP contribution is 2.17. The Morgan fingerprint density at radius 3 is 2.42 bits per heavy atom. The summed E-state index contributed by atoms with van der Waals surface area (Å²) in [5.74, 6) is 0.0425. The average Bonchev–Trinajstić information content (AvgIpc) is 2.38. The number of rotatable bonds is 7. The molecule has 106 valence electrons. The Labute approximate surface area is 116 Å². The van der Waals surface area contributed by atoms with Crippen LogP contribution in [0.2, 0.25) is 0 Å². The lowest BCUT2D eigenvalue weighted by molar-refractivity contribution is -0.125. The number of hydrogen-bond donors (Lipinski definition) is 2. The highest BCUT2D eigenvalue weighted by Gasteiger charge is 2.22. The Morgan fingerprint density at radius 1 is 1.26 bits per heavy atom. The molecule has 0 heterocycles. The van der Waals surface area contributed by atoms with Crippen molar-refractivity contribution in [3.05, 3.63) is 35.9 Å². The molecular weight excluding hydrogens is 238 g/mol. The molecule has 1 aromatic rings. The molecule has 1 unspecified atom stereocenters. The normalized spacial score (nSPS) is 14.2. The average molecular weight is 263 g/mol. The van der Waals surface area contributed by atoms with Crippen LogP contribution in [0.4, 0.5) is 0 Å². The molecule has 1 rings (SSSR count). The highest BCUT2D eigenvalue weighted by atomic mass is 16.2. The summed E-state index contributed by atoms with van der Waals surface area (Å²) in [7, 11) is 3.84. The molecule has 0 fully saturated rings. The minimum atomic E-state index is -0.241. The van der Waals surface area contributed by atoms with Gasteiger partial charge in [-0.3, -0.25) is 9.69 Å². The van der Waals surface area contributed by atoms with Crippen LogP contribution in [0.1, 0.15) is 25.5 Å². The number of benzene rings is 1. The van der Waals surface area contributed by atoms with Crippen molar-refractivity contribution >= 4 is 5.91 Å². The molecule has 0 aliphatic carbocycles. The topological polar surface area (TPSA) is 44.4 Å². The van der Waals surface area contributed by atoms with Gasteiger partial charge in [-0.05, 0) is 33.1 Å². The van der Waals surface area contributed by atoms with Crippen LogP contribution < -0.4 is 10.6 Å². The van der Waals surface area contributed by atoms with Crippen molar-refractivity contribution in [2.24, 2.45) is 0 Å². The van der Waals surface area contributed by atoms with Gasteiger partial charge in [0.15, 0.2) is 0 Å². The van der Waals surface area contributed by atoms with Gasteiger partial charge in [0.1, 0.15) is 6.04 Å². The summed E-state index contributed by atoms with van der Waals surface area (Å²) < 4.78 is 0. The lowest BCUT2D eigenvalue weighted by atomic mass is 10.1. The van der Waals surface area contributed by atoms with Gasteiger partial charge in [-0.15, -0.1) is 0 Å². The fraction of sp³-hybridized carbons (Fsp3) is 0.533. The first-order valence-electron chi connectivity index (χ1n) is 6.78. The second-order valence-corrected chi connectivity index (χ2v) is 4.98. The highest BCUT2D eigenvalue weighted by molar-refractivity contribution is 5.83. The van der Waals surface area contributed by atoms with E-state index in [9.17, 15) is 4.79 Å². The van der Waals surface area contributed by atoms with E-state index < -0.39 is 0 Å². The Morgan fingerprint density at radius 2 is 1.89 bits per heavy atom.